The minimum absolute atomic E-state index is 0.440. The summed E-state index contributed by atoms with van der Waals surface area (Å²) >= 11 is 1.81. The normalized spacial score (nSPS) is 18.2. The molecule has 0 aliphatic carbocycles. The van der Waals surface area contributed by atoms with Crippen molar-refractivity contribution >= 4 is 17.4 Å². The number of imidazole rings is 1. The fraction of sp³-hybridized carbons (Fsp3) is 0.471. The predicted octanol–water partition coefficient (Wildman–Crippen LogP) is 3.03. The molecule has 1 saturated heterocycles. The Morgan fingerprint density at radius 3 is 2.75 bits per heavy atom. The van der Waals surface area contributed by atoms with E-state index in [1.54, 1.807) is 6.07 Å². The van der Waals surface area contributed by atoms with Gasteiger partial charge in [-0.1, -0.05) is 11.8 Å². The van der Waals surface area contributed by atoms with E-state index in [0.717, 1.165) is 61.3 Å². The molecule has 0 bridgehead atoms. The van der Waals surface area contributed by atoms with Crippen LogP contribution in [0.4, 0.5) is 14.5 Å². The molecular weight excluding hydrogens is 330 g/mol. The third-order valence-corrected chi connectivity index (χ3v) is 5.66. The summed E-state index contributed by atoms with van der Waals surface area (Å²) in [6, 6.07) is 4.57. The van der Waals surface area contributed by atoms with Crippen LogP contribution in [0.15, 0.2) is 29.6 Å². The molecule has 4 nitrogen and oxygen atoms in total. The van der Waals surface area contributed by atoms with Crippen molar-refractivity contribution in [3.8, 4) is 0 Å². The lowest BCUT2D eigenvalue weighted by molar-refractivity contribution is 0.411. The highest BCUT2D eigenvalue weighted by Crippen LogP contribution is 2.25. The van der Waals surface area contributed by atoms with Crippen molar-refractivity contribution in [2.24, 2.45) is 0 Å². The van der Waals surface area contributed by atoms with Crippen LogP contribution in [0.5, 0.6) is 0 Å². The Labute approximate surface area is 144 Å². The van der Waals surface area contributed by atoms with E-state index in [9.17, 15) is 8.78 Å². The third kappa shape index (κ3) is 3.28. The highest BCUT2D eigenvalue weighted by Gasteiger charge is 2.21. The Morgan fingerprint density at radius 2 is 2.00 bits per heavy atom. The second kappa shape index (κ2) is 6.72. The number of aryl methyl sites for hydroxylation is 1. The summed E-state index contributed by atoms with van der Waals surface area (Å²) in [5, 5.41) is 4.70. The first-order chi connectivity index (χ1) is 11.7. The van der Waals surface area contributed by atoms with E-state index >= 15 is 0 Å². The molecule has 0 saturated carbocycles. The van der Waals surface area contributed by atoms with Gasteiger partial charge in [0.25, 0.3) is 0 Å². The van der Waals surface area contributed by atoms with Gasteiger partial charge in [-0.3, -0.25) is 0 Å². The molecule has 2 aromatic rings. The molecule has 2 aliphatic heterocycles. The summed E-state index contributed by atoms with van der Waals surface area (Å²) in [6.45, 7) is 3.53. The lowest BCUT2D eigenvalue weighted by Gasteiger charge is -2.34. The van der Waals surface area contributed by atoms with E-state index in [1.807, 2.05) is 11.8 Å². The SMILES string of the molecule is Fc1ccc(N2CCC(NCc3cn4c(n3)SCC4)CC2)cc1F. The summed E-state index contributed by atoms with van der Waals surface area (Å²) in [4.78, 5) is 6.75. The van der Waals surface area contributed by atoms with Crippen molar-refractivity contribution in [1.82, 2.24) is 14.9 Å². The summed E-state index contributed by atoms with van der Waals surface area (Å²) in [5.74, 6) is -0.447. The topological polar surface area (TPSA) is 33.1 Å². The summed E-state index contributed by atoms with van der Waals surface area (Å²) in [5.41, 5.74) is 1.86. The Balaban J connectivity index is 1.28. The number of aromatic nitrogens is 2. The molecule has 7 heteroatoms. The quantitative estimate of drug-likeness (QED) is 0.919. The fourth-order valence-corrected chi connectivity index (χ4v) is 4.28. The molecule has 0 spiro atoms. The maximum atomic E-state index is 13.4. The number of rotatable bonds is 4. The molecule has 128 valence electrons. The number of fused-ring (bicyclic) bond motifs is 1. The lowest BCUT2D eigenvalue weighted by atomic mass is 10.0. The van der Waals surface area contributed by atoms with Crippen LogP contribution >= 0.6 is 11.8 Å². The standard InChI is InChI=1S/C17H20F2N4S/c18-15-2-1-14(9-16(15)19)22-5-3-12(4-6-22)20-10-13-11-23-7-8-24-17(23)21-13/h1-2,9,11-12,20H,3-8,10H2. The highest BCUT2D eigenvalue weighted by molar-refractivity contribution is 7.99. The van der Waals surface area contributed by atoms with Crippen molar-refractivity contribution in [3.05, 3.63) is 41.7 Å². The molecule has 0 unspecified atom stereocenters. The number of benzene rings is 1. The molecule has 1 fully saturated rings. The zero-order valence-corrected chi connectivity index (χ0v) is 14.2. The maximum absolute atomic E-state index is 13.4. The van der Waals surface area contributed by atoms with E-state index in [4.69, 9.17) is 0 Å². The van der Waals surface area contributed by atoms with Crippen LogP contribution in [-0.4, -0.2) is 34.4 Å². The Kier molecular flexibility index (Phi) is 4.45. The van der Waals surface area contributed by atoms with Gasteiger partial charge in [0.1, 0.15) is 0 Å². The number of hydrogen-bond donors (Lipinski definition) is 1. The average molecular weight is 350 g/mol. The van der Waals surface area contributed by atoms with Crippen molar-refractivity contribution in [3.63, 3.8) is 0 Å². The van der Waals surface area contributed by atoms with Crippen LogP contribution < -0.4 is 10.2 Å². The largest absolute Gasteiger partial charge is 0.371 e. The van der Waals surface area contributed by atoms with Gasteiger partial charge >= 0.3 is 0 Å². The molecule has 24 heavy (non-hydrogen) atoms. The molecule has 0 amide bonds. The number of thioether (sulfide) groups is 1. The zero-order chi connectivity index (χ0) is 16.5. The van der Waals surface area contributed by atoms with E-state index < -0.39 is 11.6 Å². The minimum Gasteiger partial charge on any atom is -0.371 e. The van der Waals surface area contributed by atoms with E-state index in [1.165, 1.54) is 12.1 Å². The van der Waals surface area contributed by atoms with E-state index in [0.29, 0.717) is 6.04 Å². The molecule has 1 N–H and O–H groups in total. The van der Waals surface area contributed by atoms with Crippen LogP contribution in [0.1, 0.15) is 18.5 Å². The number of anilines is 1. The van der Waals surface area contributed by atoms with Gasteiger partial charge in [0, 0.05) is 55.9 Å². The van der Waals surface area contributed by atoms with Gasteiger partial charge in [0.2, 0.25) is 0 Å². The predicted molar refractivity (Wildman–Crippen MR) is 91.4 cm³/mol. The highest BCUT2D eigenvalue weighted by atomic mass is 32.2. The number of nitrogens with zero attached hydrogens (tertiary/aromatic N) is 3. The van der Waals surface area contributed by atoms with E-state index in [-0.39, 0.29) is 0 Å². The smallest absolute Gasteiger partial charge is 0.168 e. The van der Waals surface area contributed by atoms with Crippen molar-refractivity contribution in [1.29, 1.82) is 0 Å². The molecule has 0 atom stereocenters. The molecular formula is C17H20F2N4S. The second-order valence-corrected chi connectivity index (χ2v) is 7.36. The maximum Gasteiger partial charge on any atom is 0.168 e. The average Bonchev–Trinajstić information content (AvgIpc) is 3.17. The first-order valence-corrected chi connectivity index (χ1v) is 9.30. The van der Waals surface area contributed by atoms with Crippen LogP contribution in [-0.2, 0) is 13.1 Å². The van der Waals surface area contributed by atoms with Gasteiger partial charge < -0.3 is 14.8 Å². The fourth-order valence-electron chi connectivity index (χ4n) is 3.32. The van der Waals surface area contributed by atoms with Crippen LogP contribution in [0, 0.1) is 11.6 Å². The number of nitrogens with one attached hydrogen (secondary N) is 1. The second-order valence-electron chi connectivity index (χ2n) is 6.30. The first-order valence-electron chi connectivity index (χ1n) is 8.31. The van der Waals surface area contributed by atoms with Crippen molar-refractivity contribution in [2.75, 3.05) is 23.7 Å². The summed E-state index contributed by atoms with van der Waals surface area (Å²) in [7, 11) is 0. The van der Waals surface area contributed by atoms with Crippen LogP contribution in [0.3, 0.4) is 0 Å². The molecule has 1 aromatic carbocycles. The Bertz CT molecular complexity index is 704. The van der Waals surface area contributed by atoms with Gasteiger partial charge in [-0.15, -0.1) is 0 Å². The third-order valence-electron chi connectivity index (χ3n) is 4.69. The van der Waals surface area contributed by atoms with Crippen molar-refractivity contribution < 1.29 is 8.78 Å². The van der Waals surface area contributed by atoms with Crippen LogP contribution in [0.25, 0.3) is 0 Å². The van der Waals surface area contributed by atoms with Gasteiger partial charge in [-0.05, 0) is 25.0 Å². The lowest BCUT2D eigenvalue weighted by Crippen LogP contribution is -2.42. The summed E-state index contributed by atoms with van der Waals surface area (Å²) in [6.07, 6.45) is 4.11. The Hall–Kier alpha value is -1.60. The van der Waals surface area contributed by atoms with Gasteiger partial charge in [0.15, 0.2) is 16.8 Å². The molecule has 1 aromatic heterocycles. The number of piperidine rings is 1. The number of hydrogen-bond acceptors (Lipinski definition) is 4. The Morgan fingerprint density at radius 1 is 1.17 bits per heavy atom. The van der Waals surface area contributed by atoms with Gasteiger partial charge in [-0.2, -0.15) is 0 Å². The minimum atomic E-state index is -0.791. The van der Waals surface area contributed by atoms with Crippen LogP contribution in [0.2, 0.25) is 0 Å². The zero-order valence-electron chi connectivity index (χ0n) is 13.3. The molecule has 3 heterocycles. The van der Waals surface area contributed by atoms with Crippen molar-refractivity contribution in [2.45, 2.75) is 37.1 Å². The van der Waals surface area contributed by atoms with Gasteiger partial charge in [0.05, 0.1) is 5.69 Å². The molecule has 4 rings (SSSR count). The summed E-state index contributed by atoms with van der Waals surface area (Å²) < 4.78 is 28.6. The van der Waals surface area contributed by atoms with Gasteiger partial charge in [-0.25, -0.2) is 13.8 Å². The van der Waals surface area contributed by atoms with E-state index in [2.05, 4.69) is 26.0 Å². The monoisotopic (exact) mass is 350 g/mol. The molecule has 0 radical (unpaired) electrons. The number of halogens is 2. The molecule has 2 aliphatic rings. The first kappa shape index (κ1) is 15.9.